The summed E-state index contributed by atoms with van der Waals surface area (Å²) < 4.78 is 26.6. The molecule has 0 bridgehead atoms. The Morgan fingerprint density at radius 3 is 2.92 bits per heavy atom. The van der Waals surface area contributed by atoms with Gasteiger partial charge < -0.3 is 14.0 Å². The van der Waals surface area contributed by atoms with Gasteiger partial charge in [0, 0.05) is 23.9 Å². The van der Waals surface area contributed by atoms with Crippen LogP contribution in [-0.2, 0) is 16.9 Å². The number of fused-ring (bicyclic) bond motifs is 3. The average Bonchev–Trinajstić information content (AvgIpc) is 3.00. The van der Waals surface area contributed by atoms with Crippen LogP contribution < -0.4 is 4.74 Å². The monoisotopic (exact) mass is 346 g/mol. The fourth-order valence-corrected chi connectivity index (χ4v) is 3.46. The largest absolute Gasteiger partial charge is 0.480 e. The molecule has 0 amide bonds. The molecule has 1 aliphatic heterocycles. The summed E-state index contributed by atoms with van der Waals surface area (Å²) in [6.07, 6.45) is 3.31. The van der Waals surface area contributed by atoms with E-state index in [0.717, 1.165) is 16.8 Å². The van der Waals surface area contributed by atoms with Gasteiger partial charge in [0.15, 0.2) is 0 Å². The number of ether oxygens (including phenoxy) is 2. The Hall–Kier alpha value is -2.37. The quantitative estimate of drug-likeness (QED) is 0.765. The molecule has 0 aliphatic carbocycles. The molecule has 0 spiro atoms. The smallest absolute Gasteiger partial charge is 0.354 e. The standard InChI is InChI=1S/C19H23FN2O3/c1-5-22-15(18(23)24-4)10-14-17(22)13-7-9-21-11-16(13)25-19(14,3)8-6-12(2)20/h7,9-12H,5-6,8H2,1-4H3. The van der Waals surface area contributed by atoms with Gasteiger partial charge >= 0.3 is 5.97 Å². The third-order valence-corrected chi connectivity index (χ3v) is 4.77. The summed E-state index contributed by atoms with van der Waals surface area (Å²) in [6, 6.07) is 3.69. The lowest BCUT2D eigenvalue weighted by Gasteiger charge is -2.36. The third kappa shape index (κ3) is 2.90. The Kier molecular flexibility index (Phi) is 4.54. The van der Waals surface area contributed by atoms with Crippen molar-refractivity contribution in [2.75, 3.05) is 7.11 Å². The molecule has 0 N–H and O–H groups in total. The van der Waals surface area contributed by atoms with E-state index in [2.05, 4.69) is 4.98 Å². The predicted octanol–water partition coefficient (Wildman–Crippen LogP) is 4.10. The molecule has 2 unspecified atom stereocenters. The summed E-state index contributed by atoms with van der Waals surface area (Å²) in [7, 11) is 1.37. The molecule has 6 heteroatoms. The number of nitrogens with zero attached hydrogens (tertiary/aromatic N) is 2. The molecule has 5 nitrogen and oxygen atoms in total. The van der Waals surface area contributed by atoms with Crippen LogP contribution >= 0.6 is 0 Å². The van der Waals surface area contributed by atoms with Crippen LogP contribution in [0.25, 0.3) is 11.3 Å². The summed E-state index contributed by atoms with van der Waals surface area (Å²) in [6.45, 7) is 6.06. The first kappa shape index (κ1) is 17.5. The van der Waals surface area contributed by atoms with E-state index in [1.54, 1.807) is 19.3 Å². The van der Waals surface area contributed by atoms with Crippen molar-refractivity contribution >= 4 is 5.97 Å². The molecular formula is C19H23FN2O3. The summed E-state index contributed by atoms with van der Waals surface area (Å²) in [5, 5.41) is 0. The minimum Gasteiger partial charge on any atom is -0.480 e. The van der Waals surface area contributed by atoms with Crippen LogP contribution in [-0.4, -0.2) is 28.8 Å². The molecule has 2 aromatic heterocycles. The van der Waals surface area contributed by atoms with Gasteiger partial charge in [-0.05, 0) is 45.7 Å². The molecular weight excluding hydrogens is 323 g/mol. The number of aromatic nitrogens is 2. The molecule has 134 valence electrons. The van der Waals surface area contributed by atoms with Crippen LogP contribution in [0.2, 0.25) is 0 Å². The fraction of sp³-hybridized carbons (Fsp3) is 0.474. The van der Waals surface area contributed by atoms with Crippen molar-refractivity contribution < 1.29 is 18.7 Å². The highest BCUT2D eigenvalue weighted by atomic mass is 19.1. The fourth-order valence-electron chi connectivity index (χ4n) is 3.46. The van der Waals surface area contributed by atoms with Crippen molar-refractivity contribution in [1.29, 1.82) is 0 Å². The number of methoxy groups -OCH3 is 1. The lowest BCUT2D eigenvalue weighted by molar-refractivity contribution is 0.0588. The van der Waals surface area contributed by atoms with Crippen molar-refractivity contribution in [2.24, 2.45) is 0 Å². The zero-order valence-corrected chi connectivity index (χ0v) is 15.0. The van der Waals surface area contributed by atoms with Gasteiger partial charge in [-0.25, -0.2) is 9.18 Å². The van der Waals surface area contributed by atoms with Gasteiger partial charge in [0.05, 0.1) is 25.2 Å². The number of pyridine rings is 1. The first-order chi connectivity index (χ1) is 11.9. The topological polar surface area (TPSA) is 53.4 Å². The van der Waals surface area contributed by atoms with E-state index in [-0.39, 0.29) is 0 Å². The van der Waals surface area contributed by atoms with E-state index in [1.807, 2.05) is 30.5 Å². The van der Waals surface area contributed by atoms with Crippen LogP contribution in [0.15, 0.2) is 24.5 Å². The summed E-state index contributed by atoms with van der Waals surface area (Å²) in [5.41, 5.74) is 2.43. The van der Waals surface area contributed by atoms with Crippen LogP contribution in [0, 0.1) is 0 Å². The van der Waals surface area contributed by atoms with E-state index in [9.17, 15) is 9.18 Å². The number of halogens is 1. The van der Waals surface area contributed by atoms with Gasteiger partial charge in [0.2, 0.25) is 0 Å². The molecule has 3 rings (SSSR count). The molecule has 2 atom stereocenters. The van der Waals surface area contributed by atoms with Gasteiger partial charge in [0.25, 0.3) is 0 Å². The molecule has 0 fully saturated rings. The maximum absolute atomic E-state index is 13.5. The molecule has 2 aromatic rings. The van der Waals surface area contributed by atoms with Crippen molar-refractivity contribution in [1.82, 2.24) is 9.55 Å². The second kappa shape index (κ2) is 6.50. The van der Waals surface area contributed by atoms with E-state index >= 15 is 0 Å². The Labute approximate surface area is 146 Å². The minimum absolute atomic E-state index is 0.371. The van der Waals surface area contributed by atoms with Gasteiger partial charge in [-0.2, -0.15) is 0 Å². The molecule has 1 aliphatic rings. The molecule has 0 saturated heterocycles. The molecule has 0 radical (unpaired) electrons. The lowest BCUT2D eigenvalue weighted by Crippen LogP contribution is -2.33. The number of rotatable bonds is 5. The van der Waals surface area contributed by atoms with Gasteiger partial charge in [-0.15, -0.1) is 0 Å². The molecule has 0 saturated carbocycles. The third-order valence-electron chi connectivity index (χ3n) is 4.77. The molecule has 25 heavy (non-hydrogen) atoms. The Morgan fingerprint density at radius 1 is 1.52 bits per heavy atom. The zero-order chi connectivity index (χ0) is 18.2. The minimum atomic E-state index is -0.924. The van der Waals surface area contributed by atoms with Crippen molar-refractivity contribution in [2.45, 2.75) is 51.9 Å². The van der Waals surface area contributed by atoms with Gasteiger partial charge in [-0.1, -0.05) is 0 Å². The van der Waals surface area contributed by atoms with Gasteiger partial charge in [-0.3, -0.25) is 4.98 Å². The zero-order valence-electron chi connectivity index (χ0n) is 15.0. The first-order valence-corrected chi connectivity index (χ1v) is 8.51. The van der Waals surface area contributed by atoms with E-state index in [1.165, 1.54) is 7.11 Å². The summed E-state index contributed by atoms with van der Waals surface area (Å²) >= 11 is 0. The van der Waals surface area contributed by atoms with Crippen LogP contribution in [0.4, 0.5) is 4.39 Å². The number of esters is 1. The first-order valence-electron chi connectivity index (χ1n) is 8.51. The molecule has 3 heterocycles. The number of carbonyl (C=O) groups is 1. The van der Waals surface area contributed by atoms with Crippen LogP contribution in [0.3, 0.4) is 0 Å². The second-order valence-electron chi connectivity index (χ2n) is 6.55. The van der Waals surface area contributed by atoms with E-state index < -0.39 is 17.7 Å². The van der Waals surface area contributed by atoms with Crippen LogP contribution in [0.1, 0.15) is 49.7 Å². The predicted molar refractivity (Wildman–Crippen MR) is 92.5 cm³/mol. The highest BCUT2D eigenvalue weighted by Crippen LogP contribution is 2.48. The van der Waals surface area contributed by atoms with Crippen LogP contribution in [0.5, 0.6) is 5.75 Å². The lowest BCUT2D eigenvalue weighted by atomic mass is 9.86. The van der Waals surface area contributed by atoms with Crippen molar-refractivity contribution in [3.63, 3.8) is 0 Å². The number of alkyl halides is 1. The normalized spacial score (nSPS) is 19.6. The maximum Gasteiger partial charge on any atom is 0.354 e. The SMILES string of the molecule is CCn1c(C(=O)OC)cc2c1-c1ccncc1OC2(C)CCC(C)F. The highest BCUT2D eigenvalue weighted by Gasteiger charge is 2.40. The summed E-state index contributed by atoms with van der Waals surface area (Å²) in [5.74, 6) is 0.251. The van der Waals surface area contributed by atoms with Crippen molar-refractivity contribution in [3.8, 4) is 17.0 Å². The number of hydrogen-bond donors (Lipinski definition) is 0. The highest BCUT2D eigenvalue weighted by molar-refractivity contribution is 5.91. The van der Waals surface area contributed by atoms with E-state index in [4.69, 9.17) is 9.47 Å². The number of carbonyl (C=O) groups excluding carboxylic acids is 1. The average molecular weight is 346 g/mol. The Bertz CT molecular complexity index is 800. The Morgan fingerprint density at radius 2 is 2.28 bits per heavy atom. The second-order valence-corrected chi connectivity index (χ2v) is 6.55. The Balaban J connectivity index is 2.22. The van der Waals surface area contributed by atoms with E-state index in [0.29, 0.717) is 30.8 Å². The van der Waals surface area contributed by atoms with Gasteiger partial charge in [0.1, 0.15) is 17.0 Å². The number of hydrogen-bond acceptors (Lipinski definition) is 4. The molecule has 0 aromatic carbocycles. The van der Waals surface area contributed by atoms with Crippen molar-refractivity contribution in [3.05, 3.63) is 35.8 Å². The maximum atomic E-state index is 13.5. The summed E-state index contributed by atoms with van der Waals surface area (Å²) in [4.78, 5) is 16.4.